The van der Waals surface area contributed by atoms with Crippen LogP contribution >= 0.6 is 0 Å². The zero-order valence-corrected chi connectivity index (χ0v) is 9.85. The third-order valence-electron chi connectivity index (χ3n) is 3.91. The van der Waals surface area contributed by atoms with E-state index in [0.717, 1.165) is 5.56 Å². The summed E-state index contributed by atoms with van der Waals surface area (Å²) in [7, 11) is 0. The summed E-state index contributed by atoms with van der Waals surface area (Å²) in [5, 5.41) is 8.68. The average molecular weight is 231 g/mol. The Morgan fingerprint density at radius 3 is 2.76 bits per heavy atom. The number of carboxylic acid groups (broad SMARTS) is 1. The highest BCUT2D eigenvalue weighted by atomic mass is 16.4. The highest BCUT2D eigenvalue weighted by Crippen LogP contribution is 2.53. The Morgan fingerprint density at radius 1 is 1.35 bits per heavy atom. The Balaban J connectivity index is 1.64. The second kappa shape index (κ2) is 3.76. The molecule has 90 valence electrons. The molecule has 0 aromatic heterocycles. The minimum Gasteiger partial charge on any atom is -0.481 e. The Kier molecular flexibility index (Phi) is 2.35. The monoisotopic (exact) mass is 231 g/mol. The third-order valence-corrected chi connectivity index (χ3v) is 3.91. The van der Waals surface area contributed by atoms with Crippen LogP contribution in [0.1, 0.15) is 24.8 Å². The smallest absolute Gasteiger partial charge is 0.303 e. The lowest BCUT2D eigenvalue weighted by molar-refractivity contribution is -0.136. The van der Waals surface area contributed by atoms with E-state index >= 15 is 0 Å². The second-order valence-corrected chi connectivity index (χ2v) is 5.42. The van der Waals surface area contributed by atoms with Crippen molar-refractivity contribution in [2.75, 3.05) is 18.0 Å². The van der Waals surface area contributed by atoms with Crippen LogP contribution in [-0.4, -0.2) is 24.2 Å². The summed E-state index contributed by atoms with van der Waals surface area (Å²) in [5.41, 5.74) is 3.05. The summed E-state index contributed by atoms with van der Waals surface area (Å²) in [6.07, 6.45) is 3.62. The summed E-state index contributed by atoms with van der Waals surface area (Å²) in [5.74, 6) is -0.726. The standard InChI is InChI=1S/C14H17NO2/c16-13(17)5-4-11-2-1-3-12(8-11)15-9-14(10-15)6-7-14/h1-3,8H,4-7,9-10H2,(H,16,17). The first kappa shape index (κ1) is 10.6. The van der Waals surface area contributed by atoms with Crippen molar-refractivity contribution in [3.63, 3.8) is 0 Å². The molecule has 2 aliphatic rings. The molecule has 1 aromatic carbocycles. The molecule has 3 rings (SSSR count). The molecule has 0 bridgehead atoms. The van der Waals surface area contributed by atoms with Gasteiger partial charge in [-0.15, -0.1) is 0 Å². The van der Waals surface area contributed by atoms with Gasteiger partial charge >= 0.3 is 5.97 Å². The van der Waals surface area contributed by atoms with Crippen molar-refractivity contribution in [2.24, 2.45) is 5.41 Å². The lowest BCUT2D eigenvalue weighted by Crippen LogP contribution is -2.48. The Labute approximate surface area is 101 Å². The van der Waals surface area contributed by atoms with Gasteiger partial charge in [0.2, 0.25) is 0 Å². The molecule has 1 N–H and O–H groups in total. The molecule has 1 aromatic rings. The van der Waals surface area contributed by atoms with E-state index in [4.69, 9.17) is 5.11 Å². The number of anilines is 1. The summed E-state index contributed by atoms with van der Waals surface area (Å²) in [6, 6.07) is 8.31. The lowest BCUT2D eigenvalue weighted by Gasteiger charge is -2.42. The van der Waals surface area contributed by atoms with E-state index in [1.807, 2.05) is 12.1 Å². The maximum Gasteiger partial charge on any atom is 0.303 e. The predicted molar refractivity (Wildman–Crippen MR) is 66.3 cm³/mol. The molecular formula is C14H17NO2. The fourth-order valence-electron chi connectivity index (χ4n) is 2.60. The number of aliphatic carboxylic acids is 1. The van der Waals surface area contributed by atoms with E-state index < -0.39 is 5.97 Å². The highest BCUT2D eigenvalue weighted by Gasteiger charge is 2.52. The Morgan fingerprint density at radius 2 is 2.12 bits per heavy atom. The first-order chi connectivity index (χ1) is 8.17. The number of hydrogen-bond donors (Lipinski definition) is 1. The molecule has 0 atom stereocenters. The van der Waals surface area contributed by atoms with Crippen LogP contribution in [0, 0.1) is 5.41 Å². The molecule has 1 saturated carbocycles. The van der Waals surface area contributed by atoms with Crippen molar-refractivity contribution in [3.8, 4) is 0 Å². The first-order valence-electron chi connectivity index (χ1n) is 6.23. The molecule has 1 aliphatic heterocycles. The SMILES string of the molecule is O=C(O)CCc1cccc(N2CC3(CC3)C2)c1. The van der Waals surface area contributed by atoms with Crippen LogP contribution in [0.4, 0.5) is 5.69 Å². The van der Waals surface area contributed by atoms with Crippen LogP contribution < -0.4 is 4.90 Å². The van der Waals surface area contributed by atoms with Crippen molar-refractivity contribution in [2.45, 2.75) is 25.7 Å². The Hall–Kier alpha value is -1.51. The quantitative estimate of drug-likeness (QED) is 0.864. The van der Waals surface area contributed by atoms with Crippen LogP contribution in [0.5, 0.6) is 0 Å². The van der Waals surface area contributed by atoms with E-state index in [2.05, 4.69) is 17.0 Å². The van der Waals surface area contributed by atoms with Gasteiger partial charge in [0.05, 0.1) is 0 Å². The topological polar surface area (TPSA) is 40.5 Å². The van der Waals surface area contributed by atoms with Gasteiger partial charge in [0.1, 0.15) is 0 Å². The van der Waals surface area contributed by atoms with Gasteiger partial charge in [0, 0.05) is 30.6 Å². The summed E-state index contributed by atoms with van der Waals surface area (Å²) >= 11 is 0. The second-order valence-electron chi connectivity index (χ2n) is 5.42. The Bertz CT molecular complexity index is 443. The van der Waals surface area contributed by atoms with Gasteiger partial charge in [-0.2, -0.15) is 0 Å². The van der Waals surface area contributed by atoms with Crippen LogP contribution in [0.15, 0.2) is 24.3 Å². The number of carbonyl (C=O) groups is 1. The highest BCUT2D eigenvalue weighted by molar-refractivity contribution is 5.67. The van der Waals surface area contributed by atoms with E-state index in [-0.39, 0.29) is 6.42 Å². The molecule has 3 heteroatoms. The number of aryl methyl sites for hydroxylation is 1. The molecule has 1 saturated heterocycles. The van der Waals surface area contributed by atoms with Gasteiger partial charge in [0.25, 0.3) is 0 Å². The molecule has 0 unspecified atom stereocenters. The van der Waals surface area contributed by atoms with Crippen molar-refractivity contribution in [1.29, 1.82) is 0 Å². The lowest BCUT2D eigenvalue weighted by atomic mass is 9.95. The largest absolute Gasteiger partial charge is 0.481 e. The van der Waals surface area contributed by atoms with E-state index in [1.165, 1.54) is 31.6 Å². The zero-order valence-electron chi connectivity index (χ0n) is 9.85. The van der Waals surface area contributed by atoms with Crippen LogP contribution in [-0.2, 0) is 11.2 Å². The number of nitrogens with zero attached hydrogens (tertiary/aromatic N) is 1. The van der Waals surface area contributed by atoms with E-state index in [0.29, 0.717) is 11.8 Å². The van der Waals surface area contributed by atoms with E-state index in [9.17, 15) is 4.79 Å². The molecule has 0 radical (unpaired) electrons. The van der Waals surface area contributed by atoms with E-state index in [1.54, 1.807) is 0 Å². The number of rotatable bonds is 4. The zero-order chi connectivity index (χ0) is 11.9. The van der Waals surface area contributed by atoms with Gasteiger partial charge in [-0.3, -0.25) is 4.79 Å². The molecule has 17 heavy (non-hydrogen) atoms. The fraction of sp³-hybridized carbons (Fsp3) is 0.500. The normalized spacial score (nSPS) is 20.1. The molecular weight excluding hydrogens is 214 g/mol. The third kappa shape index (κ3) is 2.14. The van der Waals surface area contributed by atoms with Gasteiger partial charge in [-0.1, -0.05) is 12.1 Å². The molecule has 1 spiro atoms. The summed E-state index contributed by atoms with van der Waals surface area (Å²) in [4.78, 5) is 12.9. The summed E-state index contributed by atoms with van der Waals surface area (Å²) < 4.78 is 0. The minimum absolute atomic E-state index is 0.216. The van der Waals surface area contributed by atoms with Gasteiger partial charge in [-0.25, -0.2) is 0 Å². The minimum atomic E-state index is -0.726. The van der Waals surface area contributed by atoms with Crippen molar-refractivity contribution in [3.05, 3.63) is 29.8 Å². The summed E-state index contributed by atoms with van der Waals surface area (Å²) in [6.45, 7) is 2.38. The fourth-order valence-corrected chi connectivity index (χ4v) is 2.60. The molecule has 2 fully saturated rings. The van der Waals surface area contributed by atoms with Crippen molar-refractivity contribution in [1.82, 2.24) is 0 Å². The molecule has 1 aliphatic carbocycles. The molecule has 3 nitrogen and oxygen atoms in total. The average Bonchev–Trinajstić information content (AvgIpc) is 3.05. The van der Waals surface area contributed by atoms with Crippen LogP contribution in [0.25, 0.3) is 0 Å². The number of benzene rings is 1. The van der Waals surface area contributed by atoms with Gasteiger partial charge < -0.3 is 10.0 Å². The number of hydrogen-bond acceptors (Lipinski definition) is 2. The van der Waals surface area contributed by atoms with Crippen LogP contribution in [0.2, 0.25) is 0 Å². The van der Waals surface area contributed by atoms with Crippen LogP contribution in [0.3, 0.4) is 0 Å². The van der Waals surface area contributed by atoms with Gasteiger partial charge in [-0.05, 0) is 37.0 Å². The van der Waals surface area contributed by atoms with Crippen molar-refractivity contribution < 1.29 is 9.90 Å². The molecule has 0 amide bonds. The van der Waals surface area contributed by atoms with Crippen molar-refractivity contribution >= 4 is 11.7 Å². The first-order valence-corrected chi connectivity index (χ1v) is 6.23. The maximum atomic E-state index is 10.5. The maximum absolute atomic E-state index is 10.5. The predicted octanol–water partition coefficient (Wildman–Crippen LogP) is 2.30. The van der Waals surface area contributed by atoms with Gasteiger partial charge in [0.15, 0.2) is 0 Å². The number of carboxylic acids is 1. The molecule has 1 heterocycles.